The number of ketones is 2. The Morgan fingerprint density at radius 1 is 0.857 bits per heavy atom. The van der Waals surface area contributed by atoms with Crippen LogP contribution in [0.3, 0.4) is 0 Å². The van der Waals surface area contributed by atoms with Gasteiger partial charge in [0.15, 0.2) is 23.1 Å². The Morgan fingerprint density at radius 2 is 1.43 bits per heavy atom. The van der Waals surface area contributed by atoms with E-state index < -0.39 is 0 Å². The highest BCUT2D eigenvalue weighted by Gasteiger charge is 2.09. The fourth-order valence-electron chi connectivity index (χ4n) is 2.50. The summed E-state index contributed by atoms with van der Waals surface area (Å²) in [6, 6.07) is 9.99. The third kappa shape index (κ3) is 5.48. The van der Waals surface area contributed by atoms with E-state index in [4.69, 9.17) is 14.2 Å². The van der Waals surface area contributed by atoms with E-state index in [1.54, 1.807) is 42.5 Å². The van der Waals surface area contributed by atoms with Gasteiger partial charge in [0.1, 0.15) is 11.5 Å². The number of aromatic hydroxyl groups is 1. The van der Waals surface area contributed by atoms with Gasteiger partial charge in [0.25, 0.3) is 0 Å². The minimum absolute atomic E-state index is 0.0121. The van der Waals surface area contributed by atoms with Crippen LogP contribution in [0.5, 0.6) is 23.0 Å². The van der Waals surface area contributed by atoms with Gasteiger partial charge in [-0.25, -0.2) is 0 Å². The van der Waals surface area contributed by atoms with Crippen LogP contribution in [0.1, 0.15) is 17.5 Å². The van der Waals surface area contributed by atoms with Crippen LogP contribution in [0, 0.1) is 0 Å². The van der Waals surface area contributed by atoms with Gasteiger partial charge in [0.2, 0.25) is 0 Å². The van der Waals surface area contributed by atoms with Crippen molar-refractivity contribution >= 4 is 23.7 Å². The lowest BCUT2D eigenvalue weighted by molar-refractivity contribution is -0.121. The van der Waals surface area contributed by atoms with Gasteiger partial charge in [-0.3, -0.25) is 9.59 Å². The van der Waals surface area contributed by atoms with Gasteiger partial charge in [0, 0.05) is 0 Å². The number of hydrogen-bond acceptors (Lipinski definition) is 6. The second kappa shape index (κ2) is 9.97. The van der Waals surface area contributed by atoms with Crippen molar-refractivity contribution < 1.29 is 28.9 Å². The molecular formula is C22H22O6. The molecule has 28 heavy (non-hydrogen) atoms. The van der Waals surface area contributed by atoms with E-state index in [0.717, 1.165) is 0 Å². The van der Waals surface area contributed by atoms with Crippen LogP contribution < -0.4 is 14.2 Å². The molecule has 2 aromatic rings. The van der Waals surface area contributed by atoms with E-state index in [1.165, 1.54) is 39.5 Å². The van der Waals surface area contributed by atoms with Crippen LogP contribution in [-0.4, -0.2) is 38.0 Å². The molecule has 0 atom stereocenters. The monoisotopic (exact) mass is 382 g/mol. The molecule has 0 aliphatic carbocycles. The van der Waals surface area contributed by atoms with Crippen LogP contribution in [0.4, 0.5) is 0 Å². The SMILES string of the molecule is COc1cc(/C=C/C(=O)CC(=O)/C=C/c2c(OC)cccc2OC)ccc1O. The number of benzene rings is 2. The molecule has 0 saturated carbocycles. The van der Waals surface area contributed by atoms with Crippen molar-refractivity contribution in [3.05, 3.63) is 59.7 Å². The second-order valence-electron chi connectivity index (χ2n) is 5.78. The standard InChI is InChI=1S/C22H22O6/c1-26-20-5-4-6-21(27-2)18(20)11-10-17(24)14-16(23)9-7-15-8-12-19(25)22(13-15)28-3/h4-13,25H,14H2,1-3H3/b9-7+,11-10+. The Kier molecular flexibility index (Phi) is 7.39. The maximum atomic E-state index is 12.1. The Morgan fingerprint density at radius 3 is 2.00 bits per heavy atom. The van der Waals surface area contributed by atoms with Gasteiger partial charge in [-0.15, -0.1) is 0 Å². The third-order valence-corrected chi connectivity index (χ3v) is 3.92. The highest BCUT2D eigenvalue weighted by atomic mass is 16.5. The van der Waals surface area contributed by atoms with Gasteiger partial charge < -0.3 is 19.3 Å². The van der Waals surface area contributed by atoms with Gasteiger partial charge >= 0.3 is 0 Å². The third-order valence-electron chi connectivity index (χ3n) is 3.92. The molecule has 0 amide bonds. The molecule has 0 bridgehead atoms. The summed E-state index contributed by atoms with van der Waals surface area (Å²) in [4.78, 5) is 24.1. The normalized spacial score (nSPS) is 11.0. The molecule has 0 heterocycles. The largest absolute Gasteiger partial charge is 0.504 e. The van der Waals surface area contributed by atoms with E-state index >= 15 is 0 Å². The summed E-state index contributed by atoms with van der Waals surface area (Å²) in [6.45, 7) is 0. The van der Waals surface area contributed by atoms with Crippen molar-refractivity contribution in [1.82, 2.24) is 0 Å². The maximum absolute atomic E-state index is 12.1. The molecule has 6 nitrogen and oxygen atoms in total. The summed E-state index contributed by atoms with van der Waals surface area (Å²) in [5, 5.41) is 9.57. The fraction of sp³-hybridized carbons (Fsp3) is 0.182. The molecule has 0 unspecified atom stereocenters. The van der Waals surface area contributed by atoms with Crippen molar-refractivity contribution in [3.63, 3.8) is 0 Å². The average molecular weight is 382 g/mol. The van der Waals surface area contributed by atoms with E-state index in [0.29, 0.717) is 28.4 Å². The number of methoxy groups -OCH3 is 3. The molecule has 146 valence electrons. The van der Waals surface area contributed by atoms with Crippen molar-refractivity contribution in [2.24, 2.45) is 0 Å². The Hall–Kier alpha value is -3.54. The number of hydrogen-bond donors (Lipinski definition) is 1. The molecule has 0 fully saturated rings. The molecule has 0 aliphatic rings. The van der Waals surface area contributed by atoms with Crippen molar-refractivity contribution in [2.45, 2.75) is 6.42 Å². The van der Waals surface area contributed by atoms with Crippen LogP contribution in [-0.2, 0) is 9.59 Å². The number of allylic oxidation sites excluding steroid dienone is 2. The molecule has 2 rings (SSSR count). The fourth-order valence-corrected chi connectivity index (χ4v) is 2.50. The zero-order chi connectivity index (χ0) is 20.5. The highest BCUT2D eigenvalue weighted by molar-refractivity contribution is 6.11. The summed E-state index contributed by atoms with van der Waals surface area (Å²) in [5.74, 6) is 0.767. The quantitative estimate of drug-likeness (QED) is 0.526. The van der Waals surface area contributed by atoms with E-state index in [-0.39, 0.29) is 23.7 Å². The van der Waals surface area contributed by atoms with Gasteiger partial charge in [0.05, 0.1) is 33.3 Å². The lowest BCUT2D eigenvalue weighted by Crippen LogP contribution is -2.02. The molecule has 0 spiro atoms. The predicted octanol–water partition coefficient (Wildman–Crippen LogP) is 3.67. The minimum atomic E-state index is -0.342. The second-order valence-corrected chi connectivity index (χ2v) is 5.78. The number of ether oxygens (including phenoxy) is 3. The first-order chi connectivity index (χ1) is 13.5. The van der Waals surface area contributed by atoms with E-state index in [2.05, 4.69) is 0 Å². The number of carbonyl (C=O) groups is 2. The highest BCUT2D eigenvalue weighted by Crippen LogP contribution is 2.29. The van der Waals surface area contributed by atoms with Gasteiger partial charge in [-0.1, -0.05) is 18.2 Å². The Balaban J connectivity index is 2.03. The first-order valence-electron chi connectivity index (χ1n) is 8.48. The lowest BCUT2D eigenvalue weighted by Gasteiger charge is -2.09. The summed E-state index contributed by atoms with van der Waals surface area (Å²) in [5.41, 5.74) is 1.30. The number of rotatable bonds is 9. The maximum Gasteiger partial charge on any atom is 0.163 e. The summed E-state index contributed by atoms with van der Waals surface area (Å²) >= 11 is 0. The smallest absolute Gasteiger partial charge is 0.163 e. The first-order valence-corrected chi connectivity index (χ1v) is 8.48. The predicted molar refractivity (Wildman–Crippen MR) is 107 cm³/mol. The minimum Gasteiger partial charge on any atom is -0.504 e. The molecule has 2 aromatic carbocycles. The van der Waals surface area contributed by atoms with Crippen molar-refractivity contribution in [1.29, 1.82) is 0 Å². The van der Waals surface area contributed by atoms with Crippen LogP contribution in [0.2, 0.25) is 0 Å². The molecule has 0 aliphatic heterocycles. The van der Waals surface area contributed by atoms with E-state index in [9.17, 15) is 14.7 Å². The molecule has 0 radical (unpaired) electrons. The Labute approximate surface area is 163 Å². The van der Waals surface area contributed by atoms with Gasteiger partial charge in [-0.05, 0) is 48.1 Å². The number of carbonyl (C=O) groups excluding carboxylic acids is 2. The Bertz CT molecular complexity index is 889. The topological polar surface area (TPSA) is 82.1 Å². The van der Waals surface area contributed by atoms with Crippen molar-refractivity contribution in [2.75, 3.05) is 21.3 Å². The summed E-state index contributed by atoms with van der Waals surface area (Å²) in [7, 11) is 4.50. The number of phenolic OH excluding ortho intramolecular Hbond substituents is 1. The zero-order valence-electron chi connectivity index (χ0n) is 16.0. The first kappa shape index (κ1) is 20.8. The van der Waals surface area contributed by atoms with Crippen LogP contribution in [0.25, 0.3) is 12.2 Å². The van der Waals surface area contributed by atoms with Crippen molar-refractivity contribution in [3.8, 4) is 23.0 Å². The lowest BCUT2D eigenvalue weighted by atomic mass is 10.1. The van der Waals surface area contributed by atoms with Crippen LogP contribution in [0.15, 0.2) is 48.6 Å². The van der Waals surface area contributed by atoms with E-state index in [1.807, 2.05) is 0 Å². The summed E-state index contributed by atoms with van der Waals surface area (Å²) < 4.78 is 15.6. The summed E-state index contributed by atoms with van der Waals surface area (Å²) in [6.07, 6.45) is 5.52. The molecule has 6 heteroatoms. The molecule has 1 N–H and O–H groups in total. The van der Waals surface area contributed by atoms with Crippen LogP contribution >= 0.6 is 0 Å². The molecule has 0 aromatic heterocycles. The average Bonchev–Trinajstić information content (AvgIpc) is 2.71. The van der Waals surface area contributed by atoms with Gasteiger partial charge in [-0.2, -0.15) is 0 Å². The number of phenols is 1. The molecular weight excluding hydrogens is 360 g/mol. The molecule has 0 saturated heterocycles. The zero-order valence-corrected chi connectivity index (χ0v) is 16.0.